The lowest BCUT2D eigenvalue weighted by Gasteiger charge is -2.06. The molecule has 0 fully saturated rings. The molecule has 3 N–H and O–H groups in total. The number of H-pyrrole nitrogens is 1. The molecule has 0 saturated carbocycles. The lowest BCUT2D eigenvalue weighted by atomic mass is 10.5. The highest BCUT2D eigenvalue weighted by Gasteiger charge is 2.06. The third-order valence-electron chi connectivity index (χ3n) is 2.57. The second kappa shape index (κ2) is 6.58. The predicted octanol–water partition coefficient (Wildman–Crippen LogP) is 0.254. The Morgan fingerprint density at radius 1 is 1.53 bits per heavy atom. The van der Waals surface area contributed by atoms with E-state index in [0.717, 1.165) is 24.5 Å². The van der Waals surface area contributed by atoms with Gasteiger partial charge in [-0.1, -0.05) is 0 Å². The summed E-state index contributed by atoms with van der Waals surface area (Å²) in [4.78, 5) is 15.7. The summed E-state index contributed by atoms with van der Waals surface area (Å²) in [5, 5.41) is 18.2. The third-order valence-corrected chi connectivity index (χ3v) is 3.64. The van der Waals surface area contributed by atoms with Gasteiger partial charge in [0.15, 0.2) is 5.65 Å². The Morgan fingerprint density at radius 3 is 3.16 bits per heavy atom. The van der Waals surface area contributed by atoms with E-state index in [2.05, 4.69) is 20.5 Å². The maximum atomic E-state index is 11.4. The summed E-state index contributed by atoms with van der Waals surface area (Å²) in [5.41, 5.74) is 0.291. The number of nitrogens with zero attached hydrogens (tertiary/aromatic N) is 3. The van der Waals surface area contributed by atoms with E-state index in [1.165, 1.54) is 4.40 Å². The number of fused-ring (bicyclic) bond motifs is 1. The number of aliphatic hydroxyl groups is 1. The first-order valence-corrected chi connectivity index (χ1v) is 7.25. The van der Waals surface area contributed by atoms with Crippen LogP contribution in [0.5, 0.6) is 0 Å². The minimum atomic E-state index is -0.272. The summed E-state index contributed by atoms with van der Waals surface area (Å²) in [6, 6.07) is 1.74. The second-order valence-electron chi connectivity index (χ2n) is 4.03. The fourth-order valence-corrected chi connectivity index (χ4v) is 2.49. The van der Waals surface area contributed by atoms with Crippen LogP contribution < -0.4 is 11.0 Å². The second-order valence-corrected chi connectivity index (χ2v) is 5.25. The highest BCUT2D eigenvalue weighted by Crippen LogP contribution is 2.08. The van der Waals surface area contributed by atoms with Gasteiger partial charge in [0.1, 0.15) is 11.6 Å². The van der Waals surface area contributed by atoms with Crippen molar-refractivity contribution in [1.29, 1.82) is 0 Å². The Morgan fingerprint density at radius 2 is 2.37 bits per heavy atom. The van der Waals surface area contributed by atoms with Gasteiger partial charge in [-0.3, -0.25) is 0 Å². The van der Waals surface area contributed by atoms with Gasteiger partial charge < -0.3 is 10.4 Å². The van der Waals surface area contributed by atoms with Crippen LogP contribution >= 0.6 is 11.8 Å². The van der Waals surface area contributed by atoms with Crippen molar-refractivity contribution in [2.45, 2.75) is 13.3 Å². The van der Waals surface area contributed by atoms with Gasteiger partial charge in [0.2, 0.25) is 0 Å². The van der Waals surface area contributed by atoms with Crippen LogP contribution in [0.4, 0.5) is 5.82 Å². The van der Waals surface area contributed by atoms with Gasteiger partial charge in [-0.2, -0.15) is 16.9 Å². The summed E-state index contributed by atoms with van der Waals surface area (Å²) in [5.74, 6) is 3.22. The van der Waals surface area contributed by atoms with Crippen molar-refractivity contribution in [3.63, 3.8) is 0 Å². The number of anilines is 1. The molecule has 0 saturated heterocycles. The molecule has 104 valence electrons. The van der Waals surface area contributed by atoms with E-state index in [9.17, 15) is 4.79 Å². The van der Waals surface area contributed by atoms with E-state index in [-0.39, 0.29) is 12.3 Å². The Balaban J connectivity index is 1.92. The zero-order valence-corrected chi connectivity index (χ0v) is 11.5. The van der Waals surface area contributed by atoms with Crippen LogP contribution in [-0.4, -0.2) is 49.3 Å². The number of thioether (sulfide) groups is 1. The van der Waals surface area contributed by atoms with Crippen LogP contribution in [0.15, 0.2) is 10.9 Å². The molecular weight excluding hydrogens is 266 g/mol. The molecule has 0 bridgehead atoms. The standard InChI is InChI=1S/C11H17N5O2S/c1-8-13-9(12-3-6-19-5-2-4-17)7-10-14-15-11(18)16(8)10/h7,12,17H,2-6H2,1H3,(H,15,18). The Labute approximate surface area is 114 Å². The molecule has 0 aromatic carbocycles. The molecule has 0 unspecified atom stereocenters. The van der Waals surface area contributed by atoms with Gasteiger partial charge in [0, 0.05) is 25.0 Å². The highest BCUT2D eigenvalue weighted by molar-refractivity contribution is 7.99. The molecule has 0 spiro atoms. The quantitative estimate of drug-likeness (QED) is 0.631. The van der Waals surface area contributed by atoms with Crippen LogP contribution in [0, 0.1) is 6.92 Å². The van der Waals surface area contributed by atoms with Crippen LogP contribution in [0.25, 0.3) is 5.65 Å². The number of rotatable bonds is 7. The van der Waals surface area contributed by atoms with Crippen molar-refractivity contribution in [2.24, 2.45) is 0 Å². The van der Waals surface area contributed by atoms with Crippen molar-refractivity contribution in [3.05, 3.63) is 22.4 Å². The number of aromatic nitrogens is 4. The van der Waals surface area contributed by atoms with Gasteiger partial charge in [0.25, 0.3) is 0 Å². The van der Waals surface area contributed by atoms with Gasteiger partial charge in [-0.25, -0.2) is 19.3 Å². The molecule has 2 aromatic rings. The fourth-order valence-electron chi connectivity index (χ4n) is 1.71. The van der Waals surface area contributed by atoms with E-state index in [0.29, 0.717) is 17.3 Å². The molecule has 2 aromatic heterocycles. The molecule has 2 rings (SSSR count). The Bertz CT molecular complexity index is 594. The molecule has 8 heteroatoms. The van der Waals surface area contributed by atoms with E-state index in [1.54, 1.807) is 24.8 Å². The highest BCUT2D eigenvalue weighted by atomic mass is 32.2. The molecule has 0 aliphatic rings. The van der Waals surface area contributed by atoms with E-state index in [4.69, 9.17) is 5.11 Å². The topological polar surface area (TPSA) is 95.3 Å². The number of hydrogen-bond acceptors (Lipinski definition) is 6. The first-order chi connectivity index (χ1) is 9.22. The van der Waals surface area contributed by atoms with Crippen LogP contribution in [0.3, 0.4) is 0 Å². The first kappa shape index (κ1) is 13.9. The fraction of sp³-hybridized carbons (Fsp3) is 0.545. The molecular formula is C11H17N5O2S. The Hall–Kier alpha value is -1.54. The van der Waals surface area contributed by atoms with E-state index in [1.807, 2.05) is 0 Å². The average Bonchev–Trinajstić information content (AvgIpc) is 2.76. The molecule has 0 radical (unpaired) electrons. The molecule has 19 heavy (non-hydrogen) atoms. The zero-order valence-electron chi connectivity index (χ0n) is 10.7. The van der Waals surface area contributed by atoms with Crippen LogP contribution in [-0.2, 0) is 0 Å². The van der Waals surface area contributed by atoms with Gasteiger partial charge in [0.05, 0.1) is 0 Å². The van der Waals surface area contributed by atoms with Crippen molar-refractivity contribution < 1.29 is 5.11 Å². The summed E-state index contributed by atoms with van der Waals surface area (Å²) in [6.07, 6.45) is 0.824. The van der Waals surface area contributed by atoms with Crippen LogP contribution in [0.1, 0.15) is 12.2 Å². The summed E-state index contributed by atoms with van der Waals surface area (Å²) < 4.78 is 1.43. The molecule has 0 amide bonds. The summed E-state index contributed by atoms with van der Waals surface area (Å²) in [7, 11) is 0. The van der Waals surface area contributed by atoms with Gasteiger partial charge in [-0.05, 0) is 19.1 Å². The molecule has 7 nitrogen and oxygen atoms in total. The van der Waals surface area contributed by atoms with Gasteiger partial charge >= 0.3 is 5.69 Å². The first-order valence-electron chi connectivity index (χ1n) is 6.09. The van der Waals surface area contributed by atoms with E-state index >= 15 is 0 Å². The molecule has 0 aliphatic heterocycles. The SMILES string of the molecule is Cc1nc(NCCSCCCO)cc2n[nH]c(=O)n12. The van der Waals surface area contributed by atoms with Crippen LogP contribution in [0.2, 0.25) is 0 Å². The van der Waals surface area contributed by atoms with Crippen molar-refractivity contribution in [3.8, 4) is 0 Å². The number of aliphatic hydroxyl groups excluding tert-OH is 1. The van der Waals surface area contributed by atoms with E-state index < -0.39 is 0 Å². The number of aromatic amines is 1. The minimum Gasteiger partial charge on any atom is -0.396 e. The lowest BCUT2D eigenvalue weighted by molar-refractivity contribution is 0.296. The normalized spacial score (nSPS) is 11.1. The molecule has 0 aliphatic carbocycles. The number of nitrogens with one attached hydrogen (secondary N) is 2. The predicted molar refractivity (Wildman–Crippen MR) is 75.9 cm³/mol. The lowest BCUT2D eigenvalue weighted by Crippen LogP contribution is -2.14. The maximum absolute atomic E-state index is 11.4. The Kier molecular flexibility index (Phi) is 4.80. The smallest absolute Gasteiger partial charge is 0.349 e. The van der Waals surface area contributed by atoms with Crippen molar-refractivity contribution in [2.75, 3.05) is 30.0 Å². The van der Waals surface area contributed by atoms with Crippen molar-refractivity contribution in [1.82, 2.24) is 19.6 Å². The molecule has 2 heterocycles. The third kappa shape index (κ3) is 3.48. The maximum Gasteiger partial charge on any atom is 0.349 e. The van der Waals surface area contributed by atoms with Crippen molar-refractivity contribution >= 4 is 23.2 Å². The summed E-state index contributed by atoms with van der Waals surface area (Å²) >= 11 is 1.78. The zero-order chi connectivity index (χ0) is 13.7. The summed E-state index contributed by atoms with van der Waals surface area (Å²) in [6.45, 7) is 2.80. The van der Waals surface area contributed by atoms with Gasteiger partial charge in [-0.15, -0.1) is 0 Å². The number of hydrogen-bond donors (Lipinski definition) is 3. The largest absolute Gasteiger partial charge is 0.396 e. The minimum absolute atomic E-state index is 0.242. The monoisotopic (exact) mass is 283 g/mol. The number of aryl methyl sites for hydroxylation is 1. The molecule has 0 atom stereocenters. The average molecular weight is 283 g/mol.